The van der Waals surface area contributed by atoms with E-state index in [1.165, 1.54) is 7.11 Å². The summed E-state index contributed by atoms with van der Waals surface area (Å²) >= 11 is 6.02. The number of amides is 1. The number of benzene rings is 3. The number of ether oxygens (including phenoxy) is 2. The predicted octanol–water partition coefficient (Wildman–Crippen LogP) is 5.05. The minimum atomic E-state index is -0.286. The average Bonchev–Trinajstić information content (AvgIpc) is 3.30. The van der Waals surface area contributed by atoms with E-state index in [1.54, 1.807) is 25.3 Å². The first-order chi connectivity index (χ1) is 15.1. The zero-order valence-electron chi connectivity index (χ0n) is 17.2. The summed E-state index contributed by atoms with van der Waals surface area (Å²) in [4.78, 5) is 12.6. The highest BCUT2D eigenvalue weighted by molar-refractivity contribution is 6.31. The molecule has 0 bridgehead atoms. The molecule has 6 nitrogen and oxygen atoms in total. The molecular weight excluding hydrogens is 414 g/mol. The Balaban J connectivity index is 1.41. The molecule has 0 saturated carbocycles. The molecule has 3 aromatic carbocycles. The van der Waals surface area contributed by atoms with E-state index in [0.29, 0.717) is 22.0 Å². The van der Waals surface area contributed by atoms with Gasteiger partial charge in [-0.25, -0.2) is 0 Å². The lowest BCUT2D eigenvalue weighted by molar-refractivity contribution is 0.102. The van der Waals surface area contributed by atoms with Crippen LogP contribution in [-0.2, 0) is 0 Å². The molecule has 1 amide bonds. The van der Waals surface area contributed by atoms with E-state index >= 15 is 0 Å². The third-order valence-electron chi connectivity index (χ3n) is 5.15. The minimum Gasteiger partial charge on any atom is -0.497 e. The first-order valence-electron chi connectivity index (χ1n) is 9.78. The second-order valence-electron chi connectivity index (χ2n) is 7.09. The number of nitrogens with one attached hydrogen (secondary N) is 2. The van der Waals surface area contributed by atoms with Crippen molar-refractivity contribution in [2.75, 3.05) is 19.5 Å². The topological polar surface area (TPSA) is 72.0 Å². The number of nitrogens with zero attached hydrogens (tertiary/aromatic N) is 1. The standard InChI is InChI=1S/C24H22ClN3O3/c1-30-19-10-5-16(6-11-19)22-14-21(27-28-22)15-3-8-18(9-4-15)26-24(29)20-13-17(25)7-12-23(20)31-2/h3-13,22,28H,14H2,1-2H3,(H,26,29). The number of halogens is 1. The van der Waals surface area contributed by atoms with Crippen LogP contribution in [0.5, 0.6) is 11.5 Å². The lowest BCUT2D eigenvalue weighted by atomic mass is 9.99. The van der Waals surface area contributed by atoms with Crippen molar-refractivity contribution in [2.24, 2.45) is 5.10 Å². The summed E-state index contributed by atoms with van der Waals surface area (Å²) in [6.45, 7) is 0. The molecule has 0 radical (unpaired) electrons. The maximum Gasteiger partial charge on any atom is 0.259 e. The van der Waals surface area contributed by atoms with Crippen molar-refractivity contribution in [1.82, 2.24) is 5.43 Å². The molecular formula is C24H22ClN3O3. The van der Waals surface area contributed by atoms with Gasteiger partial charge < -0.3 is 20.2 Å². The molecule has 31 heavy (non-hydrogen) atoms. The molecule has 1 atom stereocenters. The Labute approximate surface area is 185 Å². The summed E-state index contributed by atoms with van der Waals surface area (Å²) in [7, 11) is 3.17. The Kier molecular flexibility index (Phi) is 6.09. The Morgan fingerprint density at radius 2 is 1.77 bits per heavy atom. The normalized spacial score (nSPS) is 15.1. The molecule has 0 spiro atoms. The summed E-state index contributed by atoms with van der Waals surface area (Å²) in [6, 6.07) is 20.6. The highest BCUT2D eigenvalue weighted by atomic mass is 35.5. The first-order valence-corrected chi connectivity index (χ1v) is 10.2. The summed E-state index contributed by atoms with van der Waals surface area (Å²) in [6.07, 6.45) is 0.776. The lowest BCUT2D eigenvalue weighted by Crippen LogP contribution is -2.13. The molecule has 0 aliphatic carbocycles. The van der Waals surface area contributed by atoms with Gasteiger partial charge in [0.15, 0.2) is 0 Å². The van der Waals surface area contributed by atoms with Crippen LogP contribution in [0, 0.1) is 0 Å². The maximum atomic E-state index is 12.6. The van der Waals surface area contributed by atoms with Crippen LogP contribution in [0.25, 0.3) is 0 Å². The first kappa shape index (κ1) is 20.8. The van der Waals surface area contributed by atoms with Crippen molar-refractivity contribution in [1.29, 1.82) is 0 Å². The van der Waals surface area contributed by atoms with Gasteiger partial charge in [0.1, 0.15) is 11.5 Å². The molecule has 0 saturated heterocycles. The van der Waals surface area contributed by atoms with Gasteiger partial charge in [0.2, 0.25) is 0 Å². The van der Waals surface area contributed by atoms with Crippen molar-refractivity contribution < 1.29 is 14.3 Å². The fourth-order valence-corrected chi connectivity index (χ4v) is 3.63. The Morgan fingerprint density at radius 1 is 1.03 bits per heavy atom. The molecule has 1 unspecified atom stereocenters. The zero-order valence-corrected chi connectivity index (χ0v) is 17.9. The number of hydrogen-bond donors (Lipinski definition) is 2. The third kappa shape index (κ3) is 4.64. The Hall–Kier alpha value is -3.51. The van der Waals surface area contributed by atoms with E-state index in [0.717, 1.165) is 29.0 Å². The quantitative estimate of drug-likeness (QED) is 0.568. The van der Waals surface area contributed by atoms with Gasteiger partial charge >= 0.3 is 0 Å². The lowest BCUT2D eigenvalue weighted by Gasteiger charge is -2.11. The minimum absolute atomic E-state index is 0.121. The van der Waals surface area contributed by atoms with Crippen LogP contribution in [0.3, 0.4) is 0 Å². The number of carbonyl (C=O) groups is 1. The van der Waals surface area contributed by atoms with Crippen LogP contribution in [0.15, 0.2) is 71.8 Å². The van der Waals surface area contributed by atoms with Crippen molar-refractivity contribution in [2.45, 2.75) is 12.5 Å². The molecule has 1 aliphatic rings. The summed E-state index contributed by atoms with van der Waals surface area (Å²) < 4.78 is 10.5. The second-order valence-corrected chi connectivity index (χ2v) is 7.53. The van der Waals surface area contributed by atoms with E-state index in [9.17, 15) is 4.79 Å². The maximum absolute atomic E-state index is 12.6. The second kappa shape index (κ2) is 9.10. The SMILES string of the molecule is COc1ccc(C2CC(c3ccc(NC(=O)c4cc(Cl)ccc4OC)cc3)=NN2)cc1. The van der Waals surface area contributed by atoms with E-state index in [-0.39, 0.29) is 11.9 Å². The van der Waals surface area contributed by atoms with Crippen LogP contribution < -0.4 is 20.2 Å². The Bertz CT molecular complexity index is 1110. The summed E-state index contributed by atoms with van der Waals surface area (Å²) in [5.41, 5.74) is 7.37. The van der Waals surface area contributed by atoms with Gasteiger partial charge in [-0.1, -0.05) is 35.9 Å². The van der Waals surface area contributed by atoms with Crippen LogP contribution in [0.4, 0.5) is 5.69 Å². The van der Waals surface area contributed by atoms with Crippen LogP contribution in [0.2, 0.25) is 5.02 Å². The molecule has 158 valence electrons. The third-order valence-corrected chi connectivity index (χ3v) is 5.39. The molecule has 0 aromatic heterocycles. The average molecular weight is 436 g/mol. The largest absolute Gasteiger partial charge is 0.497 e. The molecule has 4 rings (SSSR count). The van der Waals surface area contributed by atoms with E-state index in [4.69, 9.17) is 21.1 Å². The van der Waals surface area contributed by atoms with E-state index < -0.39 is 0 Å². The number of hydrazone groups is 1. The number of anilines is 1. The van der Waals surface area contributed by atoms with Gasteiger partial charge in [-0.15, -0.1) is 0 Å². The molecule has 7 heteroatoms. The summed E-state index contributed by atoms with van der Waals surface area (Å²) in [5, 5.41) is 7.84. The van der Waals surface area contributed by atoms with Gasteiger partial charge in [0.25, 0.3) is 5.91 Å². The highest BCUT2D eigenvalue weighted by Crippen LogP contribution is 2.27. The molecule has 1 aliphatic heterocycles. The van der Waals surface area contributed by atoms with Gasteiger partial charge in [0.05, 0.1) is 31.5 Å². The molecule has 1 heterocycles. The monoisotopic (exact) mass is 435 g/mol. The van der Waals surface area contributed by atoms with Gasteiger partial charge in [-0.3, -0.25) is 4.79 Å². The Morgan fingerprint density at radius 3 is 2.45 bits per heavy atom. The number of carbonyl (C=O) groups excluding carboxylic acids is 1. The summed E-state index contributed by atoms with van der Waals surface area (Å²) in [5.74, 6) is 1.01. The van der Waals surface area contributed by atoms with Crippen LogP contribution >= 0.6 is 11.6 Å². The van der Waals surface area contributed by atoms with Crippen LogP contribution in [-0.4, -0.2) is 25.8 Å². The molecule has 2 N–H and O–H groups in total. The fraction of sp³-hybridized carbons (Fsp3) is 0.167. The van der Waals surface area contributed by atoms with Crippen molar-refractivity contribution in [3.05, 3.63) is 88.4 Å². The number of hydrogen-bond acceptors (Lipinski definition) is 5. The predicted molar refractivity (Wildman–Crippen MR) is 122 cm³/mol. The smallest absolute Gasteiger partial charge is 0.259 e. The number of rotatable bonds is 6. The van der Waals surface area contributed by atoms with Crippen molar-refractivity contribution in [3.63, 3.8) is 0 Å². The highest BCUT2D eigenvalue weighted by Gasteiger charge is 2.21. The van der Waals surface area contributed by atoms with Crippen molar-refractivity contribution in [3.8, 4) is 11.5 Å². The van der Waals surface area contributed by atoms with Gasteiger partial charge in [0, 0.05) is 17.1 Å². The molecule has 3 aromatic rings. The number of methoxy groups -OCH3 is 2. The van der Waals surface area contributed by atoms with Gasteiger partial charge in [-0.2, -0.15) is 5.10 Å². The van der Waals surface area contributed by atoms with E-state index in [1.807, 2.05) is 48.5 Å². The van der Waals surface area contributed by atoms with E-state index in [2.05, 4.69) is 15.8 Å². The molecule has 0 fully saturated rings. The van der Waals surface area contributed by atoms with Crippen LogP contribution in [0.1, 0.15) is 33.9 Å². The van der Waals surface area contributed by atoms with Gasteiger partial charge in [-0.05, 0) is 53.6 Å². The van der Waals surface area contributed by atoms with Crippen molar-refractivity contribution >= 4 is 28.9 Å². The fourth-order valence-electron chi connectivity index (χ4n) is 3.45. The zero-order chi connectivity index (χ0) is 21.8.